The minimum absolute atomic E-state index is 0.152. The zero-order valence-electron chi connectivity index (χ0n) is 11.0. The fourth-order valence-corrected chi connectivity index (χ4v) is 2.87. The normalized spacial score (nSPS) is 26.2. The van der Waals surface area contributed by atoms with Crippen LogP contribution < -0.4 is 5.32 Å². The van der Waals surface area contributed by atoms with Crippen LogP contribution in [0.1, 0.15) is 53.9 Å². The van der Waals surface area contributed by atoms with Crippen LogP contribution in [0.4, 0.5) is 0 Å². The molecular weight excluding hydrogens is 186 g/mol. The summed E-state index contributed by atoms with van der Waals surface area (Å²) in [4.78, 5) is 0. The smallest absolute Gasteiger partial charge is 0.0754 e. The van der Waals surface area contributed by atoms with Gasteiger partial charge in [-0.05, 0) is 32.1 Å². The second-order valence-corrected chi connectivity index (χ2v) is 5.82. The van der Waals surface area contributed by atoms with E-state index in [4.69, 9.17) is 4.74 Å². The van der Waals surface area contributed by atoms with Gasteiger partial charge in [0, 0.05) is 18.2 Å². The third-order valence-electron chi connectivity index (χ3n) is 3.09. The Morgan fingerprint density at radius 3 is 2.40 bits per heavy atom. The molecule has 1 heterocycles. The lowest BCUT2D eigenvalue weighted by Gasteiger charge is -2.39. The quantitative estimate of drug-likeness (QED) is 0.758. The maximum absolute atomic E-state index is 5.86. The molecule has 15 heavy (non-hydrogen) atoms. The number of nitrogens with one attached hydrogen (secondary N) is 1. The molecule has 1 aliphatic rings. The van der Waals surface area contributed by atoms with Crippen molar-refractivity contribution in [1.82, 2.24) is 5.32 Å². The molecule has 0 radical (unpaired) electrons. The third-order valence-corrected chi connectivity index (χ3v) is 3.09. The monoisotopic (exact) mass is 213 g/mol. The standard InChI is InChI=1S/C13H27NO/c1-10(2)9-13(5,14-11(3)4)12-7-6-8-15-12/h10-12,14H,6-9H2,1-5H3. The molecule has 1 saturated heterocycles. The van der Waals surface area contributed by atoms with Crippen LogP contribution in [0.3, 0.4) is 0 Å². The number of hydrogen-bond donors (Lipinski definition) is 1. The van der Waals surface area contributed by atoms with Crippen molar-refractivity contribution in [2.45, 2.75) is 71.6 Å². The second-order valence-electron chi connectivity index (χ2n) is 5.82. The minimum atomic E-state index is 0.152. The molecular formula is C13H27NO. The van der Waals surface area contributed by atoms with Gasteiger partial charge in [-0.3, -0.25) is 0 Å². The van der Waals surface area contributed by atoms with Crippen molar-refractivity contribution in [2.75, 3.05) is 6.61 Å². The molecule has 1 N–H and O–H groups in total. The topological polar surface area (TPSA) is 21.3 Å². The Morgan fingerprint density at radius 1 is 1.33 bits per heavy atom. The van der Waals surface area contributed by atoms with E-state index >= 15 is 0 Å². The largest absolute Gasteiger partial charge is 0.376 e. The summed E-state index contributed by atoms with van der Waals surface area (Å²) in [6.07, 6.45) is 4.03. The molecule has 0 spiro atoms. The summed E-state index contributed by atoms with van der Waals surface area (Å²) >= 11 is 0. The van der Waals surface area contributed by atoms with E-state index in [0.717, 1.165) is 6.61 Å². The highest BCUT2D eigenvalue weighted by Crippen LogP contribution is 2.29. The van der Waals surface area contributed by atoms with E-state index in [1.54, 1.807) is 0 Å². The van der Waals surface area contributed by atoms with E-state index in [1.165, 1.54) is 19.3 Å². The van der Waals surface area contributed by atoms with Crippen LogP contribution in [-0.2, 0) is 4.74 Å². The Balaban J connectivity index is 2.65. The van der Waals surface area contributed by atoms with Gasteiger partial charge < -0.3 is 10.1 Å². The maximum Gasteiger partial charge on any atom is 0.0754 e. The summed E-state index contributed by atoms with van der Waals surface area (Å²) < 4.78 is 5.86. The lowest BCUT2D eigenvalue weighted by molar-refractivity contribution is 0.0217. The highest BCUT2D eigenvalue weighted by molar-refractivity contribution is 4.95. The Hall–Kier alpha value is -0.0800. The van der Waals surface area contributed by atoms with Crippen molar-refractivity contribution in [3.8, 4) is 0 Å². The second kappa shape index (κ2) is 5.31. The fraction of sp³-hybridized carbons (Fsp3) is 1.00. The van der Waals surface area contributed by atoms with Gasteiger partial charge >= 0.3 is 0 Å². The maximum atomic E-state index is 5.86. The van der Waals surface area contributed by atoms with Crippen LogP contribution in [0.5, 0.6) is 0 Å². The number of ether oxygens (including phenoxy) is 1. The van der Waals surface area contributed by atoms with Gasteiger partial charge in [-0.2, -0.15) is 0 Å². The van der Waals surface area contributed by atoms with Gasteiger partial charge in [0.2, 0.25) is 0 Å². The predicted octanol–water partition coefficient (Wildman–Crippen LogP) is 2.97. The molecule has 0 aromatic heterocycles. The van der Waals surface area contributed by atoms with Crippen molar-refractivity contribution in [3.63, 3.8) is 0 Å². The molecule has 1 rings (SSSR count). The first-order chi connectivity index (χ1) is 6.94. The summed E-state index contributed by atoms with van der Waals surface area (Å²) in [5.41, 5.74) is 0.152. The Bertz CT molecular complexity index is 173. The van der Waals surface area contributed by atoms with E-state index in [-0.39, 0.29) is 5.54 Å². The van der Waals surface area contributed by atoms with Crippen LogP contribution in [-0.4, -0.2) is 24.3 Å². The highest BCUT2D eigenvalue weighted by atomic mass is 16.5. The summed E-state index contributed by atoms with van der Waals surface area (Å²) in [7, 11) is 0. The van der Waals surface area contributed by atoms with Gasteiger partial charge in [0.25, 0.3) is 0 Å². The average Bonchev–Trinajstić information content (AvgIpc) is 2.51. The molecule has 2 nitrogen and oxygen atoms in total. The molecule has 0 saturated carbocycles. The first-order valence-corrected chi connectivity index (χ1v) is 6.33. The van der Waals surface area contributed by atoms with Crippen molar-refractivity contribution in [1.29, 1.82) is 0 Å². The molecule has 0 amide bonds. The molecule has 2 atom stereocenters. The van der Waals surface area contributed by atoms with Crippen molar-refractivity contribution >= 4 is 0 Å². The van der Waals surface area contributed by atoms with Crippen LogP contribution in [0.2, 0.25) is 0 Å². The van der Waals surface area contributed by atoms with Gasteiger partial charge in [-0.25, -0.2) is 0 Å². The molecule has 1 fully saturated rings. The third kappa shape index (κ3) is 3.76. The molecule has 0 aromatic rings. The fourth-order valence-electron chi connectivity index (χ4n) is 2.87. The molecule has 2 heteroatoms. The SMILES string of the molecule is CC(C)CC(C)(NC(C)C)C1CCCO1. The zero-order valence-corrected chi connectivity index (χ0v) is 11.0. The van der Waals surface area contributed by atoms with E-state index in [1.807, 2.05) is 0 Å². The van der Waals surface area contributed by atoms with Crippen molar-refractivity contribution in [3.05, 3.63) is 0 Å². The van der Waals surface area contributed by atoms with Crippen LogP contribution >= 0.6 is 0 Å². The molecule has 0 aromatic carbocycles. The molecule has 90 valence electrons. The van der Waals surface area contributed by atoms with Gasteiger partial charge in [0.15, 0.2) is 0 Å². The predicted molar refractivity (Wildman–Crippen MR) is 65.1 cm³/mol. The Morgan fingerprint density at radius 2 is 2.00 bits per heavy atom. The molecule has 1 aliphatic heterocycles. The van der Waals surface area contributed by atoms with E-state index in [9.17, 15) is 0 Å². The van der Waals surface area contributed by atoms with Gasteiger partial charge in [-0.15, -0.1) is 0 Å². The molecule has 2 unspecified atom stereocenters. The average molecular weight is 213 g/mol. The van der Waals surface area contributed by atoms with Gasteiger partial charge in [0.1, 0.15) is 0 Å². The lowest BCUT2D eigenvalue weighted by atomic mass is 9.83. The van der Waals surface area contributed by atoms with Crippen LogP contribution in [0, 0.1) is 5.92 Å². The Kier molecular flexibility index (Phi) is 4.60. The van der Waals surface area contributed by atoms with Gasteiger partial charge in [-0.1, -0.05) is 27.7 Å². The van der Waals surface area contributed by atoms with Crippen molar-refractivity contribution < 1.29 is 4.74 Å². The van der Waals surface area contributed by atoms with E-state index < -0.39 is 0 Å². The summed E-state index contributed by atoms with van der Waals surface area (Å²) in [6.45, 7) is 12.3. The van der Waals surface area contributed by atoms with E-state index in [0.29, 0.717) is 18.1 Å². The summed E-state index contributed by atoms with van der Waals surface area (Å²) in [6, 6.07) is 0.526. The number of hydrogen-bond acceptors (Lipinski definition) is 2. The highest BCUT2D eigenvalue weighted by Gasteiger charge is 2.37. The Labute approximate surface area is 94.8 Å². The van der Waals surface area contributed by atoms with Crippen molar-refractivity contribution in [2.24, 2.45) is 5.92 Å². The molecule has 0 bridgehead atoms. The first kappa shape index (κ1) is 13.0. The lowest BCUT2D eigenvalue weighted by Crippen LogP contribution is -2.55. The van der Waals surface area contributed by atoms with Crippen LogP contribution in [0.25, 0.3) is 0 Å². The number of rotatable bonds is 5. The van der Waals surface area contributed by atoms with Gasteiger partial charge in [0.05, 0.1) is 6.10 Å². The molecule has 0 aliphatic carbocycles. The summed E-state index contributed by atoms with van der Waals surface area (Å²) in [5.74, 6) is 0.713. The summed E-state index contributed by atoms with van der Waals surface area (Å²) in [5, 5.41) is 3.70. The first-order valence-electron chi connectivity index (χ1n) is 6.33. The minimum Gasteiger partial charge on any atom is -0.376 e. The van der Waals surface area contributed by atoms with Crippen LogP contribution in [0.15, 0.2) is 0 Å². The zero-order chi connectivity index (χ0) is 11.5. The van der Waals surface area contributed by atoms with E-state index in [2.05, 4.69) is 39.9 Å².